The van der Waals surface area contributed by atoms with E-state index in [0.717, 1.165) is 32.3 Å². The topological polar surface area (TPSA) is 29.5 Å². The molecule has 20 heavy (non-hydrogen) atoms. The maximum absolute atomic E-state index is 8.75. The Morgan fingerprint density at radius 3 is 2.40 bits per heavy atom. The number of aliphatic hydroxyl groups is 1. The highest BCUT2D eigenvalue weighted by molar-refractivity contribution is 6.74. The third-order valence-corrected chi connectivity index (χ3v) is 8.57. The molecule has 0 bridgehead atoms. The van der Waals surface area contributed by atoms with Crippen molar-refractivity contribution in [2.75, 3.05) is 13.2 Å². The number of hydrogen-bond donors (Lipinski definition) is 1. The van der Waals surface area contributed by atoms with Crippen molar-refractivity contribution in [2.24, 2.45) is 0 Å². The molecule has 0 amide bonds. The summed E-state index contributed by atoms with van der Waals surface area (Å²) in [6, 6.07) is 0. The molecule has 0 aliphatic heterocycles. The molecule has 0 saturated heterocycles. The molecule has 0 aliphatic rings. The summed E-state index contributed by atoms with van der Waals surface area (Å²) in [5, 5.41) is 9.05. The molecule has 1 N–H and O–H groups in total. The fraction of sp³-hybridized carbons (Fsp3) is 0.765. The standard InChI is InChI=1S/C17H34O2Si/c1-16(13-11-14-18)12-9-7-8-10-15-19-20(5,6)17(2,3)4/h7,9,12,18H,8,10-11,13-15H2,1-6H3/b9-7+,16-12+. The first kappa shape index (κ1) is 19.6. The van der Waals surface area contributed by atoms with Crippen LogP contribution >= 0.6 is 0 Å². The number of hydrogen-bond acceptors (Lipinski definition) is 2. The summed E-state index contributed by atoms with van der Waals surface area (Å²) in [5.41, 5.74) is 1.33. The predicted molar refractivity (Wildman–Crippen MR) is 91.6 cm³/mol. The van der Waals surface area contributed by atoms with E-state index in [1.165, 1.54) is 5.57 Å². The lowest BCUT2D eigenvalue weighted by Crippen LogP contribution is -2.40. The van der Waals surface area contributed by atoms with Crippen LogP contribution in [-0.2, 0) is 4.43 Å². The fourth-order valence-corrected chi connectivity index (χ4v) is 2.60. The summed E-state index contributed by atoms with van der Waals surface area (Å²) in [6.07, 6.45) is 10.5. The molecule has 0 atom stereocenters. The molecule has 0 saturated carbocycles. The van der Waals surface area contributed by atoms with E-state index in [1.807, 2.05) is 0 Å². The van der Waals surface area contributed by atoms with Gasteiger partial charge in [-0.3, -0.25) is 0 Å². The van der Waals surface area contributed by atoms with Crippen molar-refractivity contribution in [3.05, 3.63) is 23.8 Å². The SMILES string of the molecule is C/C(=C\C=C\CCCO[Si](C)(C)C(C)(C)C)CCCO. The lowest BCUT2D eigenvalue weighted by molar-refractivity contribution is 0.283. The van der Waals surface area contributed by atoms with Gasteiger partial charge >= 0.3 is 0 Å². The summed E-state index contributed by atoms with van der Waals surface area (Å²) < 4.78 is 6.14. The van der Waals surface area contributed by atoms with E-state index in [0.29, 0.717) is 5.04 Å². The van der Waals surface area contributed by atoms with Crippen LogP contribution in [0, 0.1) is 0 Å². The summed E-state index contributed by atoms with van der Waals surface area (Å²) in [4.78, 5) is 0. The van der Waals surface area contributed by atoms with Gasteiger partial charge in [-0.25, -0.2) is 0 Å². The zero-order chi connectivity index (χ0) is 15.6. The lowest BCUT2D eigenvalue weighted by Gasteiger charge is -2.36. The summed E-state index contributed by atoms with van der Waals surface area (Å²) in [6.45, 7) is 14.7. The van der Waals surface area contributed by atoms with E-state index < -0.39 is 8.32 Å². The third-order valence-electron chi connectivity index (χ3n) is 4.03. The van der Waals surface area contributed by atoms with Gasteiger partial charge in [0.1, 0.15) is 0 Å². The van der Waals surface area contributed by atoms with Crippen LogP contribution in [0.15, 0.2) is 23.8 Å². The van der Waals surface area contributed by atoms with Crippen molar-refractivity contribution < 1.29 is 9.53 Å². The van der Waals surface area contributed by atoms with Gasteiger partial charge in [-0.15, -0.1) is 0 Å². The number of aliphatic hydroxyl groups excluding tert-OH is 1. The molecule has 2 nitrogen and oxygen atoms in total. The van der Waals surface area contributed by atoms with E-state index >= 15 is 0 Å². The summed E-state index contributed by atoms with van der Waals surface area (Å²) >= 11 is 0. The first-order chi connectivity index (χ1) is 9.20. The average molecular weight is 299 g/mol. The van der Waals surface area contributed by atoms with E-state index in [9.17, 15) is 0 Å². The van der Waals surface area contributed by atoms with E-state index in [4.69, 9.17) is 9.53 Å². The number of allylic oxidation sites excluding steroid dienone is 4. The van der Waals surface area contributed by atoms with Gasteiger partial charge in [0.15, 0.2) is 8.32 Å². The highest BCUT2D eigenvalue weighted by Crippen LogP contribution is 2.36. The van der Waals surface area contributed by atoms with Gasteiger partial charge in [-0.05, 0) is 50.7 Å². The predicted octanol–water partition coefficient (Wildman–Crippen LogP) is 5.06. The lowest BCUT2D eigenvalue weighted by atomic mass is 10.1. The molecule has 0 heterocycles. The molecule has 0 aromatic rings. The highest BCUT2D eigenvalue weighted by Gasteiger charge is 2.36. The third kappa shape index (κ3) is 8.72. The molecular formula is C17H34O2Si. The highest BCUT2D eigenvalue weighted by atomic mass is 28.4. The molecule has 0 aromatic heterocycles. The fourth-order valence-electron chi connectivity index (χ4n) is 1.51. The molecular weight excluding hydrogens is 264 g/mol. The average Bonchev–Trinajstić information content (AvgIpc) is 2.33. The van der Waals surface area contributed by atoms with Gasteiger partial charge < -0.3 is 9.53 Å². The van der Waals surface area contributed by atoms with E-state index in [-0.39, 0.29) is 6.61 Å². The Morgan fingerprint density at radius 1 is 1.20 bits per heavy atom. The van der Waals surface area contributed by atoms with Crippen LogP contribution < -0.4 is 0 Å². The minimum atomic E-state index is -1.57. The molecule has 118 valence electrons. The molecule has 0 aliphatic carbocycles. The summed E-state index contributed by atoms with van der Waals surface area (Å²) in [5.74, 6) is 0. The summed E-state index contributed by atoms with van der Waals surface area (Å²) in [7, 11) is -1.57. The van der Waals surface area contributed by atoms with Crippen LogP contribution in [-0.4, -0.2) is 26.6 Å². The second-order valence-corrected chi connectivity index (χ2v) is 11.8. The molecule has 0 rings (SSSR count). The van der Waals surface area contributed by atoms with Gasteiger partial charge in [0, 0.05) is 13.2 Å². The minimum absolute atomic E-state index is 0.277. The molecule has 0 aromatic carbocycles. The Balaban J connectivity index is 3.82. The second kappa shape index (κ2) is 9.53. The van der Waals surface area contributed by atoms with Gasteiger partial charge in [-0.2, -0.15) is 0 Å². The van der Waals surface area contributed by atoms with Crippen molar-refractivity contribution in [1.29, 1.82) is 0 Å². The monoisotopic (exact) mass is 298 g/mol. The molecule has 0 fully saturated rings. The zero-order valence-corrected chi connectivity index (χ0v) is 15.3. The molecule has 0 radical (unpaired) electrons. The Hall–Kier alpha value is -0.383. The van der Waals surface area contributed by atoms with Gasteiger partial charge in [0.25, 0.3) is 0 Å². The Bertz CT molecular complexity index is 311. The largest absolute Gasteiger partial charge is 0.417 e. The zero-order valence-electron chi connectivity index (χ0n) is 14.3. The van der Waals surface area contributed by atoms with Crippen LogP contribution in [0.1, 0.15) is 53.4 Å². The normalized spacial score (nSPS) is 14.2. The first-order valence-corrected chi connectivity index (χ1v) is 10.7. The Labute approximate surface area is 127 Å². The van der Waals surface area contributed by atoms with Gasteiger partial charge in [0.2, 0.25) is 0 Å². The molecule has 0 unspecified atom stereocenters. The van der Waals surface area contributed by atoms with Crippen LogP contribution in [0.3, 0.4) is 0 Å². The van der Waals surface area contributed by atoms with Gasteiger partial charge in [0.05, 0.1) is 0 Å². The van der Waals surface area contributed by atoms with Crippen LogP contribution in [0.4, 0.5) is 0 Å². The van der Waals surface area contributed by atoms with Crippen molar-refractivity contribution >= 4 is 8.32 Å². The second-order valence-electron chi connectivity index (χ2n) is 7.02. The Morgan fingerprint density at radius 2 is 1.85 bits per heavy atom. The molecule has 0 spiro atoms. The maximum Gasteiger partial charge on any atom is 0.191 e. The van der Waals surface area contributed by atoms with Crippen molar-refractivity contribution in [2.45, 2.75) is 71.5 Å². The number of rotatable bonds is 9. The van der Waals surface area contributed by atoms with Crippen molar-refractivity contribution in [3.8, 4) is 0 Å². The Kier molecular flexibility index (Phi) is 9.35. The molecule has 3 heteroatoms. The van der Waals surface area contributed by atoms with Gasteiger partial charge in [-0.1, -0.05) is 44.6 Å². The van der Waals surface area contributed by atoms with E-state index in [2.05, 4.69) is 59.0 Å². The smallest absolute Gasteiger partial charge is 0.191 e. The maximum atomic E-state index is 8.75. The minimum Gasteiger partial charge on any atom is -0.417 e. The van der Waals surface area contributed by atoms with Crippen LogP contribution in [0.5, 0.6) is 0 Å². The van der Waals surface area contributed by atoms with Crippen LogP contribution in [0.25, 0.3) is 0 Å². The quantitative estimate of drug-likeness (QED) is 0.366. The van der Waals surface area contributed by atoms with E-state index in [1.54, 1.807) is 0 Å². The van der Waals surface area contributed by atoms with Crippen molar-refractivity contribution in [3.63, 3.8) is 0 Å². The van der Waals surface area contributed by atoms with Crippen molar-refractivity contribution in [1.82, 2.24) is 0 Å². The number of unbranched alkanes of at least 4 members (excludes halogenated alkanes) is 1. The first-order valence-electron chi connectivity index (χ1n) is 7.78. The van der Waals surface area contributed by atoms with Crippen LogP contribution in [0.2, 0.25) is 18.1 Å².